The van der Waals surface area contributed by atoms with Crippen molar-refractivity contribution in [2.45, 2.75) is 42.8 Å². The van der Waals surface area contributed by atoms with Crippen LogP contribution in [0.1, 0.15) is 37.2 Å². The van der Waals surface area contributed by atoms with E-state index in [1.165, 1.54) is 36.6 Å². The summed E-state index contributed by atoms with van der Waals surface area (Å²) in [7, 11) is 1.90. The van der Waals surface area contributed by atoms with Crippen LogP contribution in [-0.2, 0) is 11.8 Å². The van der Waals surface area contributed by atoms with Crippen LogP contribution in [0, 0.1) is 0 Å². The lowest BCUT2D eigenvalue weighted by molar-refractivity contribution is -0.116. The summed E-state index contributed by atoms with van der Waals surface area (Å²) in [5.41, 5.74) is 2.47. The van der Waals surface area contributed by atoms with E-state index in [-0.39, 0.29) is 5.91 Å². The zero-order chi connectivity index (χ0) is 15.8. The summed E-state index contributed by atoms with van der Waals surface area (Å²) in [6.07, 6.45) is 6.46. The first kappa shape index (κ1) is 14.8. The molecule has 4 rings (SSSR count). The van der Waals surface area contributed by atoms with Gasteiger partial charge < -0.3 is 9.47 Å². The highest BCUT2D eigenvalue weighted by Gasteiger charge is 2.42. The quantitative estimate of drug-likeness (QED) is 0.813. The maximum absolute atomic E-state index is 12.9. The molecule has 0 bridgehead atoms. The van der Waals surface area contributed by atoms with Gasteiger partial charge in [0.1, 0.15) is 6.33 Å². The Morgan fingerprint density at radius 2 is 2.13 bits per heavy atom. The van der Waals surface area contributed by atoms with E-state index in [9.17, 15) is 4.79 Å². The van der Waals surface area contributed by atoms with Crippen LogP contribution < -0.4 is 4.90 Å². The van der Waals surface area contributed by atoms with Crippen LogP contribution in [0.3, 0.4) is 0 Å². The molecule has 1 aromatic carbocycles. The van der Waals surface area contributed by atoms with Gasteiger partial charge in [0.05, 0.1) is 5.75 Å². The number of aryl methyl sites for hydroxylation is 1. The number of fused-ring (bicyclic) bond motifs is 3. The number of rotatable bonds is 3. The van der Waals surface area contributed by atoms with Crippen LogP contribution in [0.4, 0.5) is 5.69 Å². The highest BCUT2D eigenvalue weighted by Crippen LogP contribution is 2.47. The average molecular weight is 328 g/mol. The molecule has 1 amide bonds. The van der Waals surface area contributed by atoms with E-state index in [2.05, 4.69) is 33.3 Å². The van der Waals surface area contributed by atoms with Crippen molar-refractivity contribution >= 4 is 23.4 Å². The van der Waals surface area contributed by atoms with Crippen LogP contribution in [-0.4, -0.2) is 32.5 Å². The first-order valence-electron chi connectivity index (χ1n) is 8.13. The molecule has 0 spiro atoms. The number of benzene rings is 1. The molecule has 1 aromatic heterocycles. The molecule has 1 aliphatic carbocycles. The number of thioether (sulfide) groups is 1. The monoisotopic (exact) mass is 328 g/mol. The molecule has 120 valence electrons. The van der Waals surface area contributed by atoms with E-state index >= 15 is 0 Å². The number of amides is 1. The highest BCUT2D eigenvalue weighted by molar-refractivity contribution is 7.99. The van der Waals surface area contributed by atoms with Gasteiger partial charge in [-0.05, 0) is 24.5 Å². The van der Waals surface area contributed by atoms with E-state index in [0.717, 1.165) is 17.3 Å². The molecule has 0 unspecified atom stereocenters. The second kappa shape index (κ2) is 6.00. The molecular formula is C17H20N4OS. The summed E-state index contributed by atoms with van der Waals surface area (Å²) in [6.45, 7) is 0. The van der Waals surface area contributed by atoms with E-state index in [4.69, 9.17) is 0 Å². The minimum absolute atomic E-state index is 0.180. The van der Waals surface area contributed by atoms with Crippen molar-refractivity contribution in [2.75, 3.05) is 10.7 Å². The van der Waals surface area contributed by atoms with Crippen LogP contribution in [0.5, 0.6) is 0 Å². The lowest BCUT2D eigenvalue weighted by atomic mass is 9.82. The van der Waals surface area contributed by atoms with Crippen molar-refractivity contribution in [3.05, 3.63) is 36.2 Å². The summed E-state index contributed by atoms with van der Waals surface area (Å²) in [5.74, 6) is 1.10. The van der Waals surface area contributed by atoms with Gasteiger partial charge in [-0.2, -0.15) is 0 Å². The molecule has 2 aliphatic rings. The fourth-order valence-corrected chi connectivity index (χ4v) is 4.65. The smallest absolute Gasteiger partial charge is 0.237 e. The van der Waals surface area contributed by atoms with Crippen LogP contribution in [0.15, 0.2) is 35.7 Å². The molecule has 0 radical (unpaired) electrons. The van der Waals surface area contributed by atoms with Crippen LogP contribution in [0.2, 0.25) is 0 Å². The average Bonchev–Trinajstić information content (AvgIpc) is 3.14. The van der Waals surface area contributed by atoms with Crippen molar-refractivity contribution in [2.24, 2.45) is 7.05 Å². The molecule has 2 atom stereocenters. The lowest BCUT2D eigenvalue weighted by Gasteiger charge is -2.32. The Bertz CT molecular complexity index is 729. The largest absolute Gasteiger partial charge is 0.312 e. The molecule has 2 heterocycles. The molecular weight excluding hydrogens is 308 g/mol. The van der Waals surface area contributed by atoms with Crippen molar-refractivity contribution in [3.63, 3.8) is 0 Å². The number of para-hydroxylation sites is 1. The lowest BCUT2D eigenvalue weighted by Crippen LogP contribution is -2.41. The summed E-state index contributed by atoms with van der Waals surface area (Å²) in [4.78, 5) is 15.0. The molecule has 2 aromatic rings. The second-order valence-corrected chi connectivity index (χ2v) is 7.24. The predicted molar refractivity (Wildman–Crippen MR) is 90.7 cm³/mol. The molecule has 1 saturated carbocycles. The van der Waals surface area contributed by atoms with Crippen LogP contribution >= 0.6 is 11.8 Å². The first-order valence-corrected chi connectivity index (χ1v) is 9.12. The van der Waals surface area contributed by atoms with Gasteiger partial charge in [0.15, 0.2) is 5.16 Å². The minimum Gasteiger partial charge on any atom is -0.312 e. The molecule has 0 saturated heterocycles. The van der Waals surface area contributed by atoms with Gasteiger partial charge in [0.2, 0.25) is 5.91 Å². The summed E-state index contributed by atoms with van der Waals surface area (Å²) >= 11 is 1.46. The van der Waals surface area contributed by atoms with Gasteiger partial charge in [-0.1, -0.05) is 42.8 Å². The Labute approximate surface area is 140 Å². The highest BCUT2D eigenvalue weighted by atomic mass is 32.2. The number of nitrogens with zero attached hydrogens (tertiary/aromatic N) is 4. The molecule has 1 aliphatic heterocycles. The number of aromatic nitrogens is 3. The number of carbonyl (C=O) groups is 1. The van der Waals surface area contributed by atoms with Crippen LogP contribution in [0.25, 0.3) is 0 Å². The van der Waals surface area contributed by atoms with Gasteiger partial charge >= 0.3 is 0 Å². The third-order valence-corrected chi connectivity index (χ3v) is 5.94. The maximum Gasteiger partial charge on any atom is 0.237 e. The van der Waals surface area contributed by atoms with E-state index in [0.29, 0.717) is 17.7 Å². The molecule has 6 heteroatoms. The van der Waals surface area contributed by atoms with Gasteiger partial charge in [0, 0.05) is 24.7 Å². The van der Waals surface area contributed by atoms with Gasteiger partial charge in [0.25, 0.3) is 0 Å². The van der Waals surface area contributed by atoms with Gasteiger partial charge in [-0.15, -0.1) is 10.2 Å². The summed E-state index contributed by atoms with van der Waals surface area (Å²) < 4.78 is 1.85. The number of hydrogen-bond donors (Lipinski definition) is 0. The topological polar surface area (TPSA) is 51.0 Å². The Morgan fingerprint density at radius 1 is 1.30 bits per heavy atom. The molecule has 0 N–H and O–H groups in total. The van der Waals surface area contributed by atoms with E-state index < -0.39 is 0 Å². The zero-order valence-corrected chi connectivity index (χ0v) is 14.0. The maximum atomic E-state index is 12.9. The Hall–Kier alpha value is -1.82. The normalized spacial score (nSPS) is 22.7. The fraction of sp³-hybridized carbons (Fsp3) is 0.471. The summed E-state index contributed by atoms with van der Waals surface area (Å²) in [5, 5.41) is 8.69. The van der Waals surface area contributed by atoms with Crippen molar-refractivity contribution < 1.29 is 4.79 Å². The molecule has 1 fully saturated rings. The van der Waals surface area contributed by atoms with E-state index in [1.54, 1.807) is 6.33 Å². The standard InChI is InChI=1S/C17H20N4OS/c1-20-11-18-19-17(20)23-10-16(22)21-14-8-4-2-6-12(14)13-7-3-5-9-15(13)21/h2,4,6,8,11,13,15H,3,5,7,9-10H2,1H3/t13-,15+/m0/s1. The van der Waals surface area contributed by atoms with Crippen molar-refractivity contribution in [1.29, 1.82) is 0 Å². The Morgan fingerprint density at radius 3 is 2.96 bits per heavy atom. The number of carbonyl (C=O) groups excluding carboxylic acids is 1. The molecule has 5 nitrogen and oxygen atoms in total. The number of hydrogen-bond acceptors (Lipinski definition) is 4. The van der Waals surface area contributed by atoms with Gasteiger partial charge in [-0.25, -0.2) is 0 Å². The first-order chi connectivity index (χ1) is 11.3. The SMILES string of the molecule is Cn1cnnc1SCC(=O)N1c2ccccc2[C@@H]2CCCC[C@H]21. The van der Waals surface area contributed by atoms with Crippen molar-refractivity contribution in [3.8, 4) is 0 Å². The number of anilines is 1. The fourth-order valence-electron chi connectivity index (χ4n) is 3.90. The zero-order valence-electron chi connectivity index (χ0n) is 13.2. The summed E-state index contributed by atoms with van der Waals surface area (Å²) in [6, 6.07) is 8.76. The second-order valence-electron chi connectivity index (χ2n) is 6.29. The Balaban J connectivity index is 1.57. The van der Waals surface area contributed by atoms with Gasteiger partial charge in [-0.3, -0.25) is 4.79 Å². The molecule has 23 heavy (non-hydrogen) atoms. The Kier molecular flexibility index (Phi) is 3.85. The third kappa shape index (κ3) is 2.55. The van der Waals surface area contributed by atoms with Crippen molar-refractivity contribution in [1.82, 2.24) is 14.8 Å². The minimum atomic E-state index is 0.180. The van der Waals surface area contributed by atoms with E-state index in [1.807, 2.05) is 17.7 Å². The third-order valence-electron chi connectivity index (χ3n) is 4.92. The predicted octanol–water partition coefficient (Wildman–Crippen LogP) is 2.98.